The summed E-state index contributed by atoms with van der Waals surface area (Å²) in [5, 5.41) is 40.9. The van der Waals surface area contributed by atoms with Gasteiger partial charge in [0.05, 0.1) is 40.3 Å². The number of pyridine rings is 2. The Kier molecular flexibility index (Phi) is 12.7. The minimum absolute atomic E-state index is 0.0387. The van der Waals surface area contributed by atoms with Crippen LogP contribution >= 0.6 is 0 Å². The molecular weight excluding hydrogens is 861 g/mol. The van der Waals surface area contributed by atoms with Gasteiger partial charge in [-0.2, -0.15) is 0 Å². The molecule has 18 nitrogen and oxygen atoms in total. The molecule has 0 spiro atoms. The lowest BCUT2D eigenvalue weighted by Gasteiger charge is -2.38. The van der Waals surface area contributed by atoms with E-state index in [9.17, 15) is 39.3 Å². The molecule has 67 heavy (non-hydrogen) atoms. The number of anilines is 2. The molecule has 2 unspecified atom stereocenters. The summed E-state index contributed by atoms with van der Waals surface area (Å²) in [6.45, 7) is 11.9. The first-order chi connectivity index (χ1) is 32.1. The third-order valence-electron chi connectivity index (χ3n) is 12.9. The number of fused-ring (bicyclic) bond motifs is 5. The Morgan fingerprint density at radius 1 is 0.955 bits per heavy atom. The lowest BCUT2D eigenvalue weighted by Crippen LogP contribution is -2.54. The summed E-state index contributed by atoms with van der Waals surface area (Å²) in [5.74, 6) is -1.62. The zero-order chi connectivity index (χ0) is 48.0. The molecule has 2 fully saturated rings. The van der Waals surface area contributed by atoms with E-state index in [1.807, 2.05) is 34.6 Å². The molecule has 4 aliphatic rings. The number of aromatic hydroxyl groups is 2. The van der Waals surface area contributed by atoms with E-state index in [1.165, 1.54) is 11.0 Å². The topological polar surface area (TPSA) is 245 Å². The van der Waals surface area contributed by atoms with Crippen molar-refractivity contribution in [1.82, 2.24) is 19.4 Å². The molecule has 0 aliphatic carbocycles. The van der Waals surface area contributed by atoms with Gasteiger partial charge in [0.2, 0.25) is 5.91 Å². The van der Waals surface area contributed by atoms with Crippen molar-refractivity contribution in [2.24, 2.45) is 5.73 Å². The van der Waals surface area contributed by atoms with Crippen LogP contribution in [0.4, 0.5) is 21.0 Å². The minimum Gasteiger partial charge on any atom is -0.508 e. The average molecular weight is 915 g/mol. The summed E-state index contributed by atoms with van der Waals surface area (Å²) in [7, 11) is 0. The zero-order valence-corrected chi connectivity index (χ0v) is 38.0. The Morgan fingerprint density at radius 3 is 2.34 bits per heavy atom. The molecule has 2 saturated heterocycles. The van der Waals surface area contributed by atoms with Crippen molar-refractivity contribution in [2.75, 3.05) is 42.5 Å². The highest BCUT2D eigenvalue weighted by Crippen LogP contribution is 2.39. The second-order valence-electron chi connectivity index (χ2n) is 17.0. The van der Waals surface area contributed by atoms with Gasteiger partial charge in [-0.3, -0.25) is 19.9 Å². The molecule has 2 atom stereocenters. The smallest absolute Gasteiger partial charge is 0.415 e. The predicted octanol–water partition coefficient (Wildman–Crippen LogP) is 5.86. The number of amidine groups is 1. The number of nitrogens with zero attached hydrogens (tertiary/aromatic N) is 6. The fourth-order valence-electron chi connectivity index (χ4n) is 9.50. The molecule has 0 radical (unpaired) electrons. The summed E-state index contributed by atoms with van der Waals surface area (Å²) < 4.78 is 12.5. The van der Waals surface area contributed by atoms with E-state index in [2.05, 4.69) is 4.90 Å². The molecular formula is C49H54N8O10. The molecule has 18 heteroatoms. The third kappa shape index (κ3) is 8.25. The van der Waals surface area contributed by atoms with Crippen molar-refractivity contribution in [3.05, 3.63) is 104 Å². The zero-order valence-electron chi connectivity index (χ0n) is 38.0. The average Bonchev–Trinajstić information content (AvgIpc) is 3.96. The largest absolute Gasteiger partial charge is 0.508 e. The fourth-order valence-corrected chi connectivity index (χ4v) is 9.50. The maximum Gasteiger partial charge on any atom is 0.415 e. The molecule has 0 saturated carbocycles. The summed E-state index contributed by atoms with van der Waals surface area (Å²) in [4.78, 5) is 77.1. The van der Waals surface area contributed by atoms with Gasteiger partial charge in [0.25, 0.3) is 5.56 Å². The van der Waals surface area contributed by atoms with Crippen molar-refractivity contribution in [3.63, 3.8) is 0 Å². The number of phenolic OH excluding ortho intramolecular Hbond substituents is 2. The molecule has 4 aliphatic heterocycles. The van der Waals surface area contributed by atoms with Crippen LogP contribution in [0.1, 0.15) is 92.9 Å². The van der Waals surface area contributed by atoms with Crippen molar-refractivity contribution >= 4 is 52.1 Å². The fraction of sp³-hybridized carbons (Fsp3) is 0.367. The van der Waals surface area contributed by atoms with Gasteiger partial charge in [-0.1, -0.05) is 34.6 Å². The Labute approximate surface area is 386 Å². The van der Waals surface area contributed by atoms with E-state index in [0.29, 0.717) is 80.1 Å². The lowest BCUT2D eigenvalue weighted by atomic mass is 9.97. The van der Waals surface area contributed by atoms with Crippen molar-refractivity contribution in [3.8, 4) is 28.6 Å². The first-order valence-corrected chi connectivity index (χ1v) is 22.6. The summed E-state index contributed by atoms with van der Waals surface area (Å²) in [5.41, 5.74) is 11.0. The van der Waals surface area contributed by atoms with Crippen molar-refractivity contribution < 1.29 is 44.0 Å². The van der Waals surface area contributed by atoms with Crippen LogP contribution < -0.4 is 25.8 Å². The number of aliphatic hydroxyl groups excluding tert-OH is 1. The molecule has 0 bridgehead atoms. The van der Waals surface area contributed by atoms with Gasteiger partial charge in [0.1, 0.15) is 35.7 Å². The van der Waals surface area contributed by atoms with Crippen molar-refractivity contribution in [1.29, 1.82) is 5.41 Å². The SMILES string of the molecule is CC.CCc1c2c(nc3ccc(OC(=O)N4CCCC4C(=O)N4CCN(c5ccc(N(C(=N)c6cc(C(C)C)c(O)cc6O)C(N)=O)cc5)CC4)cc13)-c1cc3c(c(=O)n1C2)COC(=O)C3O. The van der Waals surface area contributed by atoms with Crippen LogP contribution in [0.15, 0.2) is 65.5 Å². The van der Waals surface area contributed by atoms with Crippen LogP contribution in [0.5, 0.6) is 17.2 Å². The highest BCUT2D eigenvalue weighted by Gasteiger charge is 2.39. The van der Waals surface area contributed by atoms with E-state index in [1.54, 1.807) is 58.0 Å². The highest BCUT2D eigenvalue weighted by atomic mass is 16.6. The molecule has 3 aromatic carbocycles. The van der Waals surface area contributed by atoms with Crippen LogP contribution in [0.3, 0.4) is 0 Å². The van der Waals surface area contributed by atoms with Crippen LogP contribution in [-0.2, 0) is 33.9 Å². The first kappa shape index (κ1) is 46.1. The van der Waals surface area contributed by atoms with Crippen molar-refractivity contribution in [2.45, 2.75) is 85.1 Å². The van der Waals surface area contributed by atoms with E-state index >= 15 is 0 Å². The monoisotopic (exact) mass is 914 g/mol. The van der Waals surface area contributed by atoms with Gasteiger partial charge in [-0.25, -0.2) is 24.3 Å². The number of rotatable bonds is 7. The molecule has 9 rings (SSSR count). The molecule has 6 N–H and O–H groups in total. The van der Waals surface area contributed by atoms with Gasteiger partial charge in [-0.15, -0.1) is 0 Å². The number of primary amides is 1. The number of hydrogen-bond acceptors (Lipinski definition) is 13. The predicted molar refractivity (Wildman–Crippen MR) is 250 cm³/mol. The molecule has 5 aromatic rings. The number of aryl methyl sites for hydroxylation is 1. The number of nitrogens with one attached hydrogen (secondary N) is 1. The number of benzene rings is 3. The van der Waals surface area contributed by atoms with Crippen LogP contribution in [0.2, 0.25) is 0 Å². The number of aromatic nitrogens is 2. The second kappa shape index (κ2) is 18.4. The summed E-state index contributed by atoms with van der Waals surface area (Å²) in [6, 6.07) is 14.7. The Bertz CT molecular complexity index is 2890. The number of hydrogen-bond donors (Lipinski definition) is 5. The summed E-state index contributed by atoms with van der Waals surface area (Å²) in [6.07, 6.45) is -0.473. The quantitative estimate of drug-likeness (QED) is 0.0718. The van der Waals surface area contributed by atoms with Gasteiger partial charge in [0, 0.05) is 61.0 Å². The Balaban J connectivity index is 0.00000300. The number of urea groups is 1. The molecule has 4 amide bonds. The van der Waals surface area contributed by atoms with E-state index < -0.39 is 30.2 Å². The number of aliphatic hydroxyl groups is 1. The Hall–Kier alpha value is -7.47. The third-order valence-corrected chi connectivity index (χ3v) is 12.9. The molecule has 350 valence electrons. The number of esters is 1. The number of phenols is 2. The van der Waals surface area contributed by atoms with Crippen LogP contribution in [0.25, 0.3) is 22.3 Å². The van der Waals surface area contributed by atoms with E-state index in [4.69, 9.17) is 25.6 Å². The summed E-state index contributed by atoms with van der Waals surface area (Å²) >= 11 is 0. The number of ether oxygens (including phenoxy) is 2. The maximum absolute atomic E-state index is 14.0. The standard InChI is InChI=1S/C47H48N8O10.C2H6/c1-4-28-30-18-27(11-12-35(30)50-40-33(28)22-54-37(40)20-31-34(43(54)59)23-64-45(61)41(31)58)65-47(63)53-13-5-6-36(53)44(60)52-16-14-51(15-17-52)25-7-9-26(10-8-25)55(46(49)62)42(48)32-19-29(24(2)3)38(56)21-39(32)57;1-2/h7-12,18-21,24,36,41,48,56-58H,4-6,13-17,22-23H2,1-3H3,(H2,49,62);1-2H3. The van der Waals surface area contributed by atoms with E-state index in [0.717, 1.165) is 33.2 Å². The van der Waals surface area contributed by atoms with Gasteiger partial charge in [0.15, 0.2) is 6.10 Å². The maximum atomic E-state index is 14.0. The first-order valence-electron chi connectivity index (χ1n) is 22.6. The molecule has 2 aromatic heterocycles. The van der Waals surface area contributed by atoms with Gasteiger partial charge >= 0.3 is 18.1 Å². The van der Waals surface area contributed by atoms with Gasteiger partial charge < -0.3 is 44.9 Å². The normalized spacial score (nSPS) is 17.3. The minimum atomic E-state index is -1.55. The second-order valence-corrected chi connectivity index (χ2v) is 17.0. The lowest BCUT2D eigenvalue weighted by molar-refractivity contribution is -0.157. The van der Waals surface area contributed by atoms with E-state index in [-0.39, 0.29) is 70.3 Å². The number of amides is 4. The van der Waals surface area contributed by atoms with Crippen LogP contribution in [0, 0.1) is 5.41 Å². The number of carbonyl (C=O) groups is 4. The van der Waals surface area contributed by atoms with Crippen LogP contribution in [-0.4, -0.2) is 103 Å². The Morgan fingerprint density at radius 2 is 1.67 bits per heavy atom. The van der Waals surface area contributed by atoms with Gasteiger partial charge in [-0.05, 0) is 90.9 Å². The number of nitrogens with two attached hydrogens (primary N) is 1. The highest BCUT2D eigenvalue weighted by molar-refractivity contribution is 6.22. The number of carbonyl (C=O) groups excluding carboxylic acids is 4. The molecule has 6 heterocycles. The number of likely N-dealkylation sites (tertiary alicyclic amines) is 1. The number of cyclic esters (lactones) is 1. The number of piperazine rings is 1.